The predicted molar refractivity (Wildman–Crippen MR) is 137 cm³/mol. The first kappa shape index (κ1) is 24.2. The summed E-state index contributed by atoms with van der Waals surface area (Å²) in [7, 11) is 0. The Bertz CT molecular complexity index is 1270. The first-order valence-electron chi connectivity index (χ1n) is 11.4. The van der Waals surface area contributed by atoms with E-state index < -0.39 is 5.97 Å². The number of carboxylic acids is 1. The Labute approximate surface area is 208 Å². The van der Waals surface area contributed by atoms with E-state index in [0.717, 1.165) is 63.3 Å². The lowest BCUT2D eigenvalue weighted by Crippen LogP contribution is -2.24. The van der Waals surface area contributed by atoms with Crippen molar-refractivity contribution in [2.24, 2.45) is 0 Å². The highest BCUT2D eigenvalue weighted by Crippen LogP contribution is 2.37. The minimum atomic E-state index is -1.11. The Balaban J connectivity index is 1.39. The monoisotopic (exact) mass is 493 g/mol. The van der Waals surface area contributed by atoms with Gasteiger partial charge < -0.3 is 19.1 Å². The van der Waals surface area contributed by atoms with E-state index in [1.165, 1.54) is 0 Å². The molecule has 4 aromatic rings. The number of carbonyl (C=O) groups excluding carboxylic acids is 1. The van der Waals surface area contributed by atoms with Crippen molar-refractivity contribution in [2.45, 2.75) is 37.5 Å². The highest BCUT2D eigenvalue weighted by Gasteiger charge is 2.15. The van der Waals surface area contributed by atoms with Crippen molar-refractivity contribution in [3.05, 3.63) is 83.1 Å². The summed E-state index contributed by atoms with van der Waals surface area (Å²) in [4.78, 5) is 11.7. The quantitative estimate of drug-likeness (QED) is 0.175. The SMILES string of the molecule is CCCc1c(OCCCSc2ccc(CC(=O)[O-])cc2Cl)ccc2c(-c3ccccc3)coc12. The predicted octanol–water partition coefficient (Wildman–Crippen LogP) is 6.56. The van der Waals surface area contributed by atoms with Gasteiger partial charge in [-0.1, -0.05) is 61.3 Å². The Morgan fingerprint density at radius 2 is 1.94 bits per heavy atom. The van der Waals surface area contributed by atoms with Crippen molar-refractivity contribution in [2.75, 3.05) is 12.4 Å². The summed E-state index contributed by atoms with van der Waals surface area (Å²) in [5, 5.41) is 12.4. The molecule has 0 atom stereocenters. The van der Waals surface area contributed by atoms with Gasteiger partial charge in [-0.3, -0.25) is 0 Å². The zero-order chi connectivity index (χ0) is 23.9. The maximum absolute atomic E-state index is 10.8. The number of furan rings is 1. The average molecular weight is 494 g/mol. The van der Waals surface area contributed by atoms with Crippen LogP contribution in [0.25, 0.3) is 22.1 Å². The van der Waals surface area contributed by atoms with Crippen LogP contribution in [0.5, 0.6) is 5.75 Å². The molecule has 0 N–H and O–H groups in total. The Morgan fingerprint density at radius 3 is 2.68 bits per heavy atom. The second-order valence-corrected chi connectivity index (χ2v) is 9.59. The van der Waals surface area contributed by atoms with Crippen LogP contribution in [-0.4, -0.2) is 18.3 Å². The van der Waals surface area contributed by atoms with Gasteiger partial charge in [-0.15, -0.1) is 11.8 Å². The second kappa shape index (κ2) is 11.5. The van der Waals surface area contributed by atoms with Crippen LogP contribution in [0.2, 0.25) is 5.02 Å². The highest BCUT2D eigenvalue weighted by atomic mass is 35.5. The lowest BCUT2D eigenvalue weighted by molar-refractivity contribution is -0.304. The molecule has 0 radical (unpaired) electrons. The molecule has 0 unspecified atom stereocenters. The van der Waals surface area contributed by atoms with E-state index in [0.29, 0.717) is 17.2 Å². The number of carbonyl (C=O) groups is 1. The summed E-state index contributed by atoms with van der Waals surface area (Å²) < 4.78 is 12.2. The molecule has 1 aromatic heterocycles. The number of fused-ring (bicyclic) bond motifs is 1. The fourth-order valence-electron chi connectivity index (χ4n) is 3.96. The number of aliphatic carboxylic acids is 1. The Kier molecular flexibility index (Phi) is 8.20. The summed E-state index contributed by atoms with van der Waals surface area (Å²) in [5.74, 6) is 0.599. The van der Waals surface area contributed by atoms with Crippen LogP contribution in [0.4, 0.5) is 0 Å². The second-order valence-electron chi connectivity index (χ2n) is 8.05. The molecule has 1 heterocycles. The van der Waals surface area contributed by atoms with Gasteiger partial charge >= 0.3 is 0 Å². The molecule has 4 rings (SSSR count). The number of thioether (sulfide) groups is 1. The van der Waals surface area contributed by atoms with E-state index in [1.54, 1.807) is 23.9 Å². The highest BCUT2D eigenvalue weighted by molar-refractivity contribution is 7.99. The van der Waals surface area contributed by atoms with Crippen LogP contribution in [0.3, 0.4) is 0 Å². The van der Waals surface area contributed by atoms with E-state index in [-0.39, 0.29) is 6.42 Å². The van der Waals surface area contributed by atoms with Gasteiger partial charge in [-0.2, -0.15) is 0 Å². The third-order valence-corrected chi connectivity index (χ3v) is 7.12. The van der Waals surface area contributed by atoms with Crippen LogP contribution in [0.1, 0.15) is 30.9 Å². The van der Waals surface area contributed by atoms with Crippen molar-refractivity contribution >= 4 is 40.3 Å². The molecule has 0 aliphatic carbocycles. The largest absolute Gasteiger partial charge is 0.550 e. The molecule has 0 bridgehead atoms. The molecule has 0 aliphatic rings. The van der Waals surface area contributed by atoms with Crippen LogP contribution < -0.4 is 9.84 Å². The molecule has 0 fully saturated rings. The van der Waals surface area contributed by atoms with Gasteiger partial charge in [0.25, 0.3) is 0 Å². The normalized spacial score (nSPS) is 11.1. The first-order chi connectivity index (χ1) is 16.6. The summed E-state index contributed by atoms with van der Waals surface area (Å²) in [6.07, 6.45) is 4.43. The smallest absolute Gasteiger partial charge is 0.141 e. The number of benzene rings is 3. The van der Waals surface area contributed by atoms with E-state index >= 15 is 0 Å². The fourth-order valence-corrected chi connectivity index (χ4v) is 5.17. The number of hydrogen-bond donors (Lipinski definition) is 0. The Hall–Kier alpha value is -2.89. The van der Waals surface area contributed by atoms with E-state index in [9.17, 15) is 9.90 Å². The third-order valence-electron chi connectivity index (χ3n) is 5.54. The summed E-state index contributed by atoms with van der Waals surface area (Å²) in [6, 6.07) is 19.7. The number of halogens is 1. The molecule has 0 spiro atoms. The standard InChI is InChI=1S/C28H27ClO4S/c1-2-7-22-25(12-11-21-23(18-33-28(21)22)20-8-4-3-5-9-20)32-14-6-15-34-26-13-10-19(16-24(26)29)17-27(30)31/h3-5,8-13,16,18H,2,6-7,14-15,17H2,1H3,(H,30,31)/p-1. The molecule has 3 aromatic carbocycles. The van der Waals surface area contributed by atoms with Crippen molar-refractivity contribution in [3.8, 4) is 16.9 Å². The minimum Gasteiger partial charge on any atom is -0.550 e. The molecular formula is C28H26ClO4S-. The maximum Gasteiger partial charge on any atom is 0.141 e. The van der Waals surface area contributed by atoms with Crippen molar-refractivity contribution in [1.29, 1.82) is 0 Å². The molecule has 0 saturated heterocycles. The molecule has 0 amide bonds. The molecule has 176 valence electrons. The van der Waals surface area contributed by atoms with Gasteiger partial charge in [0.05, 0.1) is 17.9 Å². The molecule has 4 nitrogen and oxygen atoms in total. The number of aryl methyl sites for hydroxylation is 1. The van der Waals surface area contributed by atoms with Crippen molar-refractivity contribution in [3.63, 3.8) is 0 Å². The van der Waals surface area contributed by atoms with Crippen LogP contribution >= 0.6 is 23.4 Å². The topological polar surface area (TPSA) is 62.5 Å². The van der Waals surface area contributed by atoms with Crippen molar-refractivity contribution < 1.29 is 19.1 Å². The fraction of sp³-hybridized carbons (Fsp3) is 0.250. The molecule has 34 heavy (non-hydrogen) atoms. The molecule has 0 saturated carbocycles. The lowest BCUT2D eigenvalue weighted by Gasteiger charge is -2.12. The van der Waals surface area contributed by atoms with E-state index in [1.807, 2.05) is 30.5 Å². The van der Waals surface area contributed by atoms with Gasteiger partial charge in [-0.05, 0) is 48.2 Å². The van der Waals surface area contributed by atoms with Gasteiger partial charge in [0.1, 0.15) is 11.3 Å². The van der Waals surface area contributed by atoms with Gasteiger partial charge in [0, 0.05) is 39.6 Å². The minimum absolute atomic E-state index is 0.133. The lowest BCUT2D eigenvalue weighted by atomic mass is 10.0. The average Bonchev–Trinajstić information content (AvgIpc) is 3.26. The van der Waals surface area contributed by atoms with Crippen LogP contribution in [-0.2, 0) is 17.6 Å². The molecule has 0 aliphatic heterocycles. The van der Waals surface area contributed by atoms with E-state index in [2.05, 4.69) is 31.2 Å². The van der Waals surface area contributed by atoms with Gasteiger partial charge in [0.15, 0.2) is 0 Å². The number of carboxylic acid groups (broad SMARTS) is 1. The summed E-state index contributed by atoms with van der Waals surface area (Å²) in [6.45, 7) is 2.74. The summed E-state index contributed by atoms with van der Waals surface area (Å²) in [5.41, 5.74) is 4.89. The molecular weight excluding hydrogens is 468 g/mol. The third kappa shape index (κ3) is 5.78. The van der Waals surface area contributed by atoms with Crippen LogP contribution in [0.15, 0.2) is 76.2 Å². The zero-order valence-corrected chi connectivity index (χ0v) is 20.6. The number of rotatable bonds is 11. The van der Waals surface area contributed by atoms with Crippen LogP contribution in [0, 0.1) is 0 Å². The first-order valence-corrected chi connectivity index (χ1v) is 12.8. The van der Waals surface area contributed by atoms with Crippen molar-refractivity contribution in [1.82, 2.24) is 0 Å². The summed E-state index contributed by atoms with van der Waals surface area (Å²) >= 11 is 7.94. The molecule has 6 heteroatoms. The number of ether oxygens (including phenoxy) is 1. The van der Waals surface area contributed by atoms with E-state index in [4.69, 9.17) is 20.8 Å². The maximum atomic E-state index is 10.8. The Morgan fingerprint density at radius 1 is 1.12 bits per heavy atom. The van der Waals surface area contributed by atoms with Gasteiger partial charge in [-0.25, -0.2) is 0 Å². The number of hydrogen-bond acceptors (Lipinski definition) is 5. The van der Waals surface area contributed by atoms with Gasteiger partial charge in [0.2, 0.25) is 0 Å². The zero-order valence-electron chi connectivity index (χ0n) is 19.0.